The van der Waals surface area contributed by atoms with Crippen molar-refractivity contribution >= 4 is 23.2 Å². The summed E-state index contributed by atoms with van der Waals surface area (Å²) in [5, 5.41) is 6.93. The summed E-state index contributed by atoms with van der Waals surface area (Å²) in [6, 6.07) is 6.22. The highest BCUT2D eigenvalue weighted by atomic mass is 35.5. The molecule has 2 N–H and O–H groups in total. The first-order chi connectivity index (χ1) is 10.0. The van der Waals surface area contributed by atoms with E-state index >= 15 is 0 Å². The van der Waals surface area contributed by atoms with Crippen LogP contribution in [0.15, 0.2) is 18.2 Å². The minimum Gasteiger partial charge on any atom is -0.359 e. The fourth-order valence-corrected chi connectivity index (χ4v) is 3.03. The van der Waals surface area contributed by atoms with Crippen LogP contribution >= 0.6 is 11.6 Å². The fraction of sp³-hybridized carbons (Fsp3) is 0.562. The molecule has 1 aromatic rings. The standard InChI is InChI=1S/C16H24ClN3O/c1-11(2)19-10-12-13(17)6-4-7-14(12)20-9-5-8-15(20)16(21)18-3/h4,6-7,11,15,19H,5,8-10H2,1-3H3,(H,18,21). The van der Waals surface area contributed by atoms with Gasteiger partial charge in [-0.25, -0.2) is 0 Å². The second-order valence-corrected chi connectivity index (χ2v) is 6.15. The molecule has 1 saturated heterocycles. The molecule has 1 aliphatic rings. The molecule has 1 fully saturated rings. The van der Waals surface area contributed by atoms with Crippen molar-refractivity contribution in [2.45, 2.75) is 45.3 Å². The van der Waals surface area contributed by atoms with Crippen molar-refractivity contribution in [2.75, 3.05) is 18.5 Å². The monoisotopic (exact) mass is 309 g/mol. The van der Waals surface area contributed by atoms with E-state index in [1.54, 1.807) is 7.05 Å². The molecule has 116 valence electrons. The van der Waals surface area contributed by atoms with Crippen molar-refractivity contribution in [3.63, 3.8) is 0 Å². The number of halogens is 1. The smallest absolute Gasteiger partial charge is 0.242 e. The van der Waals surface area contributed by atoms with Crippen LogP contribution in [-0.4, -0.2) is 31.6 Å². The van der Waals surface area contributed by atoms with Crippen molar-refractivity contribution in [2.24, 2.45) is 0 Å². The van der Waals surface area contributed by atoms with Crippen LogP contribution in [-0.2, 0) is 11.3 Å². The van der Waals surface area contributed by atoms with E-state index in [1.807, 2.05) is 12.1 Å². The predicted octanol–water partition coefficient (Wildman–Crippen LogP) is 2.55. The third-order valence-electron chi connectivity index (χ3n) is 3.89. The summed E-state index contributed by atoms with van der Waals surface area (Å²) in [6.07, 6.45) is 1.92. The SMILES string of the molecule is CNC(=O)C1CCCN1c1cccc(Cl)c1CNC(C)C. The minimum atomic E-state index is -0.0914. The molecule has 4 nitrogen and oxygen atoms in total. The first-order valence-electron chi connectivity index (χ1n) is 7.53. The second kappa shape index (κ2) is 7.14. The summed E-state index contributed by atoms with van der Waals surface area (Å²) in [4.78, 5) is 14.2. The summed E-state index contributed by atoms with van der Waals surface area (Å²) < 4.78 is 0. The zero-order chi connectivity index (χ0) is 15.4. The largest absolute Gasteiger partial charge is 0.359 e. The van der Waals surface area contributed by atoms with E-state index in [2.05, 4.69) is 35.4 Å². The van der Waals surface area contributed by atoms with E-state index in [0.29, 0.717) is 12.6 Å². The summed E-state index contributed by atoms with van der Waals surface area (Å²) in [7, 11) is 1.69. The molecule has 5 heteroatoms. The van der Waals surface area contributed by atoms with E-state index in [1.165, 1.54) is 0 Å². The molecule has 0 aliphatic carbocycles. The first kappa shape index (κ1) is 16.1. The number of likely N-dealkylation sites (N-methyl/N-ethyl adjacent to an activating group) is 1. The van der Waals surface area contributed by atoms with Gasteiger partial charge in [-0.15, -0.1) is 0 Å². The lowest BCUT2D eigenvalue weighted by atomic mass is 10.1. The molecular weight excluding hydrogens is 286 g/mol. The maximum atomic E-state index is 12.1. The first-order valence-corrected chi connectivity index (χ1v) is 7.91. The third-order valence-corrected chi connectivity index (χ3v) is 4.25. The van der Waals surface area contributed by atoms with Crippen LogP contribution in [0.4, 0.5) is 5.69 Å². The van der Waals surface area contributed by atoms with Crippen molar-refractivity contribution in [3.05, 3.63) is 28.8 Å². The number of nitrogens with one attached hydrogen (secondary N) is 2. The van der Waals surface area contributed by atoms with Crippen molar-refractivity contribution in [1.82, 2.24) is 10.6 Å². The molecule has 0 spiro atoms. The van der Waals surface area contributed by atoms with Gasteiger partial charge in [0, 0.05) is 42.5 Å². The highest BCUT2D eigenvalue weighted by molar-refractivity contribution is 6.31. The highest BCUT2D eigenvalue weighted by Gasteiger charge is 2.31. The van der Waals surface area contributed by atoms with Crippen LogP contribution in [0, 0.1) is 0 Å². The molecule has 0 bridgehead atoms. The zero-order valence-electron chi connectivity index (χ0n) is 12.9. The molecule has 1 aliphatic heterocycles. The van der Waals surface area contributed by atoms with Gasteiger partial charge < -0.3 is 15.5 Å². The van der Waals surface area contributed by atoms with E-state index in [-0.39, 0.29) is 11.9 Å². The van der Waals surface area contributed by atoms with Gasteiger partial charge in [0.25, 0.3) is 0 Å². The van der Waals surface area contributed by atoms with Crippen LogP contribution in [0.2, 0.25) is 5.02 Å². The predicted molar refractivity (Wildman–Crippen MR) is 87.9 cm³/mol. The Morgan fingerprint density at radius 1 is 1.48 bits per heavy atom. The fourth-order valence-electron chi connectivity index (χ4n) is 2.79. The second-order valence-electron chi connectivity index (χ2n) is 5.74. The Bertz CT molecular complexity index is 504. The number of anilines is 1. The Balaban J connectivity index is 2.29. The van der Waals surface area contributed by atoms with Crippen molar-refractivity contribution in [1.29, 1.82) is 0 Å². The van der Waals surface area contributed by atoms with Gasteiger partial charge in [-0.3, -0.25) is 4.79 Å². The number of carbonyl (C=O) groups is 1. The minimum absolute atomic E-state index is 0.0789. The molecule has 0 saturated carbocycles. The summed E-state index contributed by atoms with van der Waals surface area (Å²) in [6.45, 7) is 5.83. The summed E-state index contributed by atoms with van der Waals surface area (Å²) in [5.41, 5.74) is 2.14. The maximum absolute atomic E-state index is 12.1. The number of rotatable bonds is 5. The molecule has 21 heavy (non-hydrogen) atoms. The Hall–Kier alpha value is -1.26. The normalized spacial score (nSPS) is 18.3. The van der Waals surface area contributed by atoms with E-state index in [0.717, 1.165) is 35.7 Å². The molecule has 1 unspecified atom stereocenters. The Morgan fingerprint density at radius 3 is 2.90 bits per heavy atom. The molecule has 1 heterocycles. The Labute approximate surface area is 131 Å². The van der Waals surface area contributed by atoms with Crippen LogP contribution < -0.4 is 15.5 Å². The number of benzene rings is 1. The number of carbonyl (C=O) groups excluding carboxylic acids is 1. The van der Waals surface area contributed by atoms with Gasteiger partial charge in [0.1, 0.15) is 6.04 Å². The Kier molecular flexibility index (Phi) is 5.48. The third kappa shape index (κ3) is 3.69. The molecule has 2 rings (SSSR count). The van der Waals surface area contributed by atoms with Crippen LogP contribution in [0.3, 0.4) is 0 Å². The van der Waals surface area contributed by atoms with Gasteiger partial charge >= 0.3 is 0 Å². The highest BCUT2D eigenvalue weighted by Crippen LogP contribution is 2.32. The van der Waals surface area contributed by atoms with Gasteiger partial charge in [0.15, 0.2) is 0 Å². The molecule has 1 atom stereocenters. The van der Waals surface area contributed by atoms with Crippen molar-refractivity contribution in [3.8, 4) is 0 Å². The topological polar surface area (TPSA) is 44.4 Å². The lowest BCUT2D eigenvalue weighted by Crippen LogP contribution is -2.42. The van der Waals surface area contributed by atoms with Crippen LogP contribution in [0.1, 0.15) is 32.3 Å². The number of amides is 1. The number of hydrogen-bond donors (Lipinski definition) is 2. The lowest BCUT2D eigenvalue weighted by Gasteiger charge is -2.28. The number of nitrogens with zero attached hydrogens (tertiary/aromatic N) is 1. The maximum Gasteiger partial charge on any atom is 0.242 e. The van der Waals surface area contributed by atoms with E-state index in [9.17, 15) is 4.79 Å². The average Bonchev–Trinajstić information content (AvgIpc) is 2.94. The van der Waals surface area contributed by atoms with Gasteiger partial charge in [0.2, 0.25) is 5.91 Å². The van der Waals surface area contributed by atoms with Gasteiger partial charge in [-0.1, -0.05) is 31.5 Å². The van der Waals surface area contributed by atoms with E-state index < -0.39 is 0 Å². The molecule has 0 radical (unpaired) electrons. The quantitative estimate of drug-likeness (QED) is 0.878. The molecule has 1 amide bonds. The number of hydrogen-bond acceptors (Lipinski definition) is 3. The summed E-state index contributed by atoms with van der Waals surface area (Å²) >= 11 is 6.39. The van der Waals surface area contributed by atoms with Crippen LogP contribution in [0.25, 0.3) is 0 Å². The van der Waals surface area contributed by atoms with Crippen molar-refractivity contribution < 1.29 is 4.79 Å². The Morgan fingerprint density at radius 2 is 2.24 bits per heavy atom. The van der Waals surface area contributed by atoms with Gasteiger partial charge in [-0.2, -0.15) is 0 Å². The van der Waals surface area contributed by atoms with Gasteiger partial charge in [-0.05, 0) is 25.0 Å². The van der Waals surface area contributed by atoms with Gasteiger partial charge in [0.05, 0.1) is 0 Å². The molecule has 1 aromatic carbocycles. The molecular formula is C16H24ClN3O. The zero-order valence-corrected chi connectivity index (χ0v) is 13.7. The van der Waals surface area contributed by atoms with E-state index in [4.69, 9.17) is 11.6 Å². The summed E-state index contributed by atoms with van der Waals surface area (Å²) in [5.74, 6) is 0.0789. The molecule has 0 aromatic heterocycles. The average molecular weight is 310 g/mol. The lowest BCUT2D eigenvalue weighted by molar-refractivity contribution is -0.121. The van der Waals surface area contributed by atoms with Crippen LogP contribution in [0.5, 0.6) is 0 Å².